The zero-order chi connectivity index (χ0) is 18.5. The van der Waals surface area contributed by atoms with Crippen LogP contribution in [-0.4, -0.2) is 54.9 Å². The van der Waals surface area contributed by atoms with Crippen LogP contribution in [0.4, 0.5) is 5.69 Å². The second kappa shape index (κ2) is 7.99. The highest BCUT2D eigenvalue weighted by molar-refractivity contribution is 5.95. The SMILES string of the molecule is CN(C)c1ccc(C(=O)N2CCC(NC(=O)c3ccccn3)CC2)cc1. The molecule has 136 valence electrons. The van der Waals surface area contributed by atoms with Crippen LogP contribution in [-0.2, 0) is 0 Å². The molecule has 6 heteroatoms. The summed E-state index contributed by atoms with van der Waals surface area (Å²) in [5, 5.41) is 3.01. The Morgan fingerprint density at radius 2 is 1.77 bits per heavy atom. The monoisotopic (exact) mass is 352 g/mol. The molecule has 1 aliphatic rings. The zero-order valence-electron chi connectivity index (χ0n) is 15.2. The summed E-state index contributed by atoms with van der Waals surface area (Å²) >= 11 is 0. The standard InChI is InChI=1S/C20H24N4O2/c1-23(2)17-8-6-15(7-9-17)20(26)24-13-10-16(11-14-24)22-19(25)18-5-3-4-12-21-18/h3-9,12,16H,10-11,13-14H2,1-2H3,(H,22,25). The summed E-state index contributed by atoms with van der Waals surface area (Å²) in [5.41, 5.74) is 2.19. The van der Waals surface area contributed by atoms with Crippen LogP contribution in [0.1, 0.15) is 33.7 Å². The van der Waals surface area contributed by atoms with E-state index < -0.39 is 0 Å². The molecular formula is C20H24N4O2. The van der Waals surface area contributed by atoms with E-state index in [9.17, 15) is 9.59 Å². The average molecular weight is 352 g/mol. The third kappa shape index (κ3) is 4.20. The lowest BCUT2D eigenvalue weighted by Crippen LogP contribution is -2.46. The lowest BCUT2D eigenvalue weighted by molar-refractivity contribution is 0.0697. The summed E-state index contributed by atoms with van der Waals surface area (Å²) in [6.45, 7) is 1.28. The number of likely N-dealkylation sites (tertiary alicyclic amines) is 1. The van der Waals surface area contributed by atoms with Gasteiger partial charge in [0, 0.05) is 50.7 Å². The minimum absolute atomic E-state index is 0.0461. The Bertz CT molecular complexity index is 751. The molecule has 26 heavy (non-hydrogen) atoms. The quantitative estimate of drug-likeness (QED) is 0.916. The van der Waals surface area contributed by atoms with E-state index >= 15 is 0 Å². The van der Waals surface area contributed by atoms with Crippen molar-refractivity contribution in [3.05, 3.63) is 59.9 Å². The smallest absolute Gasteiger partial charge is 0.270 e. The van der Waals surface area contributed by atoms with Gasteiger partial charge in [-0.3, -0.25) is 14.6 Å². The van der Waals surface area contributed by atoms with Crippen LogP contribution < -0.4 is 10.2 Å². The number of carbonyl (C=O) groups is 2. The third-order valence-electron chi connectivity index (χ3n) is 4.65. The molecule has 2 heterocycles. The van der Waals surface area contributed by atoms with Crippen LogP contribution in [0.3, 0.4) is 0 Å². The molecule has 0 atom stereocenters. The molecule has 1 saturated heterocycles. The van der Waals surface area contributed by atoms with Crippen LogP contribution in [0.25, 0.3) is 0 Å². The van der Waals surface area contributed by atoms with E-state index in [0.29, 0.717) is 24.3 Å². The number of nitrogens with zero attached hydrogens (tertiary/aromatic N) is 3. The Morgan fingerprint density at radius 1 is 1.08 bits per heavy atom. The highest BCUT2D eigenvalue weighted by atomic mass is 16.2. The number of anilines is 1. The maximum atomic E-state index is 12.6. The van der Waals surface area contributed by atoms with Gasteiger partial charge in [-0.25, -0.2) is 0 Å². The van der Waals surface area contributed by atoms with Crippen LogP contribution in [0, 0.1) is 0 Å². The minimum atomic E-state index is -0.158. The van der Waals surface area contributed by atoms with Gasteiger partial charge in [-0.05, 0) is 49.2 Å². The second-order valence-corrected chi connectivity index (χ2v) is 6.70. The molecule has 1 aromatic heterocycles. The van der Waals surface area contributed by atoms with Gasteiger partial charge in [-0.15, -0.1) is 0 Å². The van der Waals surface area contributed by atoms with Crippen molar-refractivity contribution < 1.29 is 9.59 Å². The van der Waals surface area contributed by atoms with Crippen molar-refractivity contribution in [2.24, 2.45) is 0 Å². The van der Waals surface area contributed by atoms with E-state index in [-0.39, 0.29) is 17.9 Å². The number of benzene rings is 1. The number of aromatic nitrogens is 1. The van der Waals surface area contributed by atoms with Crippen molar-refractivity contribution in [3.63, 3.8) is 0 Å². The van der Waals surface area contributed by atoms with Crippen LogP contribution >= 0.6 is 0 Å². The average Bonchev–Trinajstić information content (AvgIpc) is 2.69. The normalized spacial score (nSPS) is 14.8. The van der Waals surface area contributed by atoms with Gasteiger partial charge < -0.3 is 15.1 Å². The molecule has 0 unspecified atom stereocenters. The number of nitrogens with one attached hydrogen (secondary N) is 1. The van der Waals surface area contributed by atoms with E-state index in [4.69, 9.17) is 0 Å². The predicted octanol–water partition coefficient (Wildman–Crippen LogP) is 2.18. The first-order valence-corrected chi connectivity index (χ1v) is 8.83. The minimum Gasteiger partial charge on any atom is -0.378 e. The number of hydrogen-bond donors (Lipinski definition) is 1. The molecule has 1 fully saturated rings. The van der Waals surface area contributed by atoms with Crippen molar-refractivity contribution >= 4 is 17.5 Å². The summed E-state index contributed by atoms with van der Waals surface area (Å²) in [4.78, 5) is 32.8. The van der Waals surface area contributed by atoms with Crippen molar-refractivity contribution in [1.82, 2.24) is 15.2 Å². The van der Waals surface area contributed by atoms with E-state index in [0.717, 1.165) is 18.5 Å². The molecule has 6 nitrogen and oxygen atoms in total. The van der Waals surface area contributed by atoms with E-state index in [1.54, 1.807) is 24.4 Å². The second-order valence-electron chi connectivity index (χ2n) is 6.70. The maximum absolute atomic E-state index is 12.6. The highest BCUT2D eigenvalue weighted by Gasteiger charge is 2.25. The molecule has 0 bridgehead atoms. The lowest BCUT2D eigenvalue weighted by atomic mass is 10.0. The summed E-state index contributed by atoms with van der Waals surface area (Å²) in [7, 11) is 3.95. The molecule has 0 saturated carbocycles. The Balaban J connectivity index is 1.53. The fourth-order valence-electron chi connectivity index (χ4n) is 3.07. The number of rotatable bonds is 4. The fourth-order valence-corrected chi connectivity index (χ4v) is 3.07. The van der Waals surface area contributed by atoms with Crippen molar-refractivity contribution in [3.8, 4) is 0 Å². The number of amides is 2. The molecule has 2 aromatic rings. The fraction of sp³-hybridized carbons (Fsp3) is 0.350. The number of carbonyl (C=O) groups excluding carboxylic acids is 2. The Hall–Kier alpha value is -2.89. The van der Waals surface area contributed by atoms with Gasteiger partial charge in [0.1, 0.15) is 5.69 Å². The molecule has 3 rings (SSSR count). The third-order valence-corrected chi connectivity index (χ3v) is 4.65. The van der Waals surface area contributed by atoms with Gasteiger partial charge >= 0.3 is 0 Å². The molecule has 0 aliphatic carbocycles. The van der Waals surface area contributed by atoms with E-state index in [1.165, 1.54) is 0 Å². The van der Waals surface area contributed by atoms with Crippen molar-refractivity contribution in [1.29, 1.82) is 0 Å². The van der Waals surface area contributed by atoms with E-state index in [1.807, 2.05) is 48.2 Å². The van der Waals surface area contributed by atoms with Gasteiger partial charge in [0.05, 0.1) is 0 Å². The van der Waals surface area contributed by atoms with Gasteiger partial charge in [0.15, 0.2) is 0 Å². The summed E-state index contributed by atoms with van der Waals surface area (Å²) in [6.07, 6.45) is 3.11. The summed E-state index contributed by atoms with van der Waals surface area (Å²) in [6, 6.07) is 13.0. The first-order valence-electron chi connectivity index (χ1n) is 8.83. The topological polar surface area (TPSA) is 65.5 Å². The molecule has 1 aromatic carbocycles. The largest absolute Gasteiger partial charge is 0.378 e. The Labute approximate surface area is 153 Å². The van der Waals surface area contributed by atoms with Crippen LogP contribution in [0.5, 0.6) is 0 Å². The molecule has 0 radical (unpaired) electrons. The van der Waals surface area contributed by atoms with Crippen LogP contribution in [0.2, 0.25) is 0 Å². The first kappa shape index (κ1) is 17.9. The number of piperidine rings is 1. The molecular weight excluding hydrogens is 328 g/mol. The predicted molar refractivity (Wildman–Crippen MR) is 101 cm³/mol. The zero-order valence-corrected chi connectivity index (χ0v) is 15.2. The number of hydrogen-bond acceptors (Lipinski definition) is 4. The van der Waals surface area contributed by atoms with Gasteiger partial charge in [-0.2, -0.15) is 0 Å². The highest BCUT2D eigenvalue weighted by Crippen LogP contribution is 2.17. The van der Waals surface area contributed by atoms with Gasteiger partial charge in [-0.1, -0.05) is 6.07 Å². The molecule has 2 amide bonds. The maximum Gasteiger partial charge on any atom is 0.270 e. The summed E-state index contributed by atoms with van der Waals surface area (Å²) < 4.78 is 0. The van der Waals surface area contributed by atoms with Crippen molar-refractivity contribution in [2.75, 3.05) is 32.1 Å². The summed E-state index contributed by atoms with van der Waals surface area (Å²) in [5.74, 6) is -0.112. The Kier molecular flexibility index (Phi) is 5.51. The molecule has 1 N–H and O–H groups in total. The van der Waals surface area contributed by atoms with E-state index in [2.05, 4.69) is 10.3 Å². The molecule has 1 aliphatic heterocycles. The van der Waals surface area contributed by atoms with Gasteiger partial charge in [0.2, 0.25) is 0 Å². The molecule has 0 spiro atoms. The lowest BCUT2D eigenvalue weighted by Gasteiger charge is -2.32. The van der Waals surface area contributed by atoms with Gasteiger partial charge in [0.25, 0.3) is 11.8 Å². The first-order chi connectivity index (χ1) is 12.5. The number of pyridine rings is 1. The van der Waals surface area contributed by atoms with Crippen LogP contribution in [0.15, 0.2) is 48.7 Å². The Morgan fingerprint density at radius 3 is 2.35 bits per heavy atom. The van der Waals surface area contributed by atoms with Crippen molar-refractivity contribution in [2.45, 2.75) is 18.9 Å².